The van der Waals surface area contributed by atoms with Gasteiger partial charge in [-0.2, -0.15) is 0 Å². The van der Waals surface area contributed by atoms with Gasteiger partial charge in [0.15, 0.2) is 0 Å². The molecule has 1 N–H and O–H groups in total. The number of esters is 1. The number of carbonyl (C=O) groups is 1. The van der Waals surface area contributed by atoms with Crippen molar-refractivity contribution in [1.29, 1.82) is 0 Å². The Morgan fingerprint density at radius 2 is 2.10 bits per heavy atom. The fourth-order valence-electron chi connectivity index (χ4n) is 3.61. The van der Waals surface area contributed by atoms with E-state index in [0.717, 1.165) is 25.7 Å². The minimum atomic E-state index is -0.348. The smallest absolute Gasteiger partial charge is 0.308 e. The van der Waals surface area contributed by atoms with E-state index in [-0.39, 0.29) is 23.9 Å². The molecule has 3 fully saturated rings. The number of hydrogen-bond acceptors (Lipinski definition) is 4. The molecule has 4 nitrogen and oxygen atoms in total. The van der Waals surface area contributed by atoms with Crippen LogP contribution >= 0.6 is 0 Å². The van der Waals surface area contributed by atoms with Gasteiger partial charge in [0, 0.05) is 5.92 Å². The van der Waals surface area contributed by atoms with Crippen molar-refractivity contribution in [2.75, 3.05) is 6.61 Å². The third-order valence-corrected chi connectivity index (χ3v) is 5.07. The number of ether oxygens (including phenoxy) is 2. The Balaban J connectivity index is 1.43. The van der Waals surface area contributed by atoms with Gasteiger partial charge in [0.05, 0.1) is 30.8 Å². The number of aliphatic hydroxyl groups is 1. The predicted octanol–water partition coefficient (Wildman–Crippen LogP) is 2.06. The molecule has 1 aliphatic heterocycles. The van der Waals surface area contributed by atoms with Crippen LogP contribution in [0.25, 0.3) is 0 Å². The van der Waals surface area contributed by atoms with Gasteiger partial charge in [0.1, 0.15) is 0 Å². The number of carbonyl (C=O) groups excluding carboxylic acids is 1. The molecule has 112 valence electrons. The van der Waals surface area contributed by atoms with Crippen molar-refractivity contribution >= 4 is 5.97 Å². The average Bonchev–Trinajstić information content (AvgIpc) is 3.23. The van der Waals surface area contributed by atoms with Crippen molar-refractivity contribution in [3.63, 3.8) is 0 Å². The van der Waals surface area contributed by atoms with Crippen molar-refractivity contribution in [1.82, 2.24) is 0 Å². The molecule has 20 heavy (non-hydrogen) atoms. The molecule has 1 saturated heterocycles. The van der Waals surface area contributed by atoms with Gasteiger partial charge in [0.25, 0.3) is 0 Å². The molecule has 6 unspecified atom stereocenters. The van der Waals surface area contributed by atoms with Crippen LogP contribution in [0, 0.1) is 17.8 Å². The summed E-state index contributed by atoms with van der Waals surface area (Å²) in [5, 5.41) is 9.80. The number of hydrogen-bond donors (Lipinski definition) is 1. The Morgan fingerprint density at radius 3 is 2.85 bits per heavy atom. The van der Waals surface area contributed by atoms with E-state index in [0.29, 0.717) is 37.6 Å². The number of aliphatic hydroxyl groups excluding tert-OH is 1. The molecule has 0 aromatic heterocycles. The first kappa shape index (κ1) is 14.1. The lowest BCUT2D eigenvalue weighted by molar-refractivity contribution is -0.152. The molecule has 1 heterocycles. The lowest BCUT2D eigenvalue weighted by Crippen LogP contribution is -2.33. The lowest BCUT2D eigenvalue weighted by atomic mass is 9.79. The van der Waals surface area contributed by atoms with E-state index in [9.17, 15) is 9.90 Å². The third-order valence-electron chi connectivity index (χ3n) is 5.07. The van der Waals surface area contributed by atoms with Crippen LogP contribution in [0.1, 0.15) is 38.5 Å². The predicted molar refractivity (Wildman–Crippen MR) is 74.0 cm³/mol. The number of rotatable bonds is 4. The average molecular weight is 280 g/mol. The first-order valence-electron chi connectivity index (χ1n) is 7.80. The summed E-state index contributed by atoms with van der Waals surface area (Å²) in [6.07, 6.45) is 7.65. The maximum atomic E-state index is 12.1. The Labute approximate surface area is 120 Å². The Kier molecular flexibility index (Phi) is 4.13. The van der Waals surface area contributed by atoms with Crippen LogP contribution in [-0.2, 0) is 14.3 Å². The number of epoxide rings is 1. The minimum Gasteiger partial charge on any atom is -0.465 e. The Morgan fingerprint density at radius 1 is 1.25 bits per heavy atom. The summed E-state index contributed by atoms with van der Waals surface area (Å²) in [5.41, 5.74) is 0. The lowest BCUT2D eigenvalue weighted by Gasteiger charge is -2.30. The summed E-state index contributed by atoms with van der Waals surface area (Å²) >= 11 is 0. The normalized spacial score (nSPS) is 43.5. The summed E-state index contributed by atoms with van der Waals surface area (Å²) in [7, 11) is 0. The summed E-state index contributed by atoms with van der Waals surface area (Å²) in [6.45, 7) is 4.27. The maximum Gasteiger partial charge on any atom is 0.308 e. The largest absolute Gasteiger partial charge is 0.465 e. The van der Waals surface area contributed by atoms with Crippen LogP contribution in [0.15, 0.2) is 12.7 Å². The second-order valence-electron chi connectivity index (χ2n) is 6.50. The van der Waals surface area contributed by atoms with Crippen molar-refractivity contribution < 1.29 is 19.4 Å². The Bertz CT molecular complexity index is 381. The van der Waals surface area contributed by atoms with E-state index in [1.165, 1.54) is 0 Å². The molecule has 0 radical (unpaired) electrons. The zero-order valence-corrected chi connectivity index (χ0v) is 11.9. The zero-order chi connectivity index (χ0) is 14.1. The van der Waals surface area contributed by atoms with E-state index in [4.69, 9.17) is 9.47 Å². The van der Waals surface area contributed by atoms with Crippen molar-refractivity contribution in [3.8, 4) is 0 Å². The minimum absolute atomic E-state index is 0.0246. The monoisotopic (exact) mass is 280 g/mol. The summed E-state index contributed by atoms with van der Waals surface area (Å²) in [6, 6.07) is 0. The van der Waals surface area contributed by atoms with E-state index < -0.39 is 0 Å². The SMILES string of the molecule is C=CC1CC(C(=O)OCC2CCC3OC3C2)CCC1O. The maximum absolute atomic E-state index is 12.1. The van der Waals surface area contributed by atoms with Crippen molar-refractivity contribution in [2.24, 2.45) is 17.8 Å². The van der Waals surface area contributed by atoms with E-state index >= 15 is 0 Å². The molecule has 0 bridgehead atoms. The summed E-state index contributed by atoms with van der Waals surface area (Å²) in [4.78, 5) is 12.1. The molecule has 0 aromatic rings. The van der Waals surface area contributed by atoms with Crippen LogP contribution in [0.4, 0.5) is 0 Å². The van der Waals surface area contributed by atoms with Gasteiger partial charge in [-0.3, -0.25) is 4.79 Å². The van der Waals surface area contributed by atoms with Gasteiger partial charge in [-0.05, 0) is 44.4 Å². The van der Waals surface area contributed by atoms with Gasteiger partial charge in [0.2, 0.25) is 0 Å². The van der Waals surface area contributed by atoms with Crippen LogP contribution in [-0.4, -0.2) is 36.0 Å². The molecular formula is C16H24O4. The summed E-state index contributed by atoms with van der Waals surface area (Å²) in [5.74, 6) is 0.321. The molecular weight excluding hydrogens is 256 g/mol. The first-order chi connectivity index (χ1) is 9.67. The topological polar surface area (TPSA) is 59.1 Å². The third kappa shape index (κ3) is 3.07. The summed E-state index contributed by atoms with van der Waals surface area (Å²) < 4.78 is 11.0. The van der Waals surface area contributed by atoms with Crippen LogP contribution in [0.5, 0.6) is 0 Å². The highest BCUT2D eigenvalue weighted by molar-refractivity contribution is 5.72. The van der Waals surface area contributed by atoms with Crippen LogP contribution in [0.3, 0.4) is 0 Å². The van der Waals surface area contributed by atoms with E-state index in [1.807, 2.05) is 0 Å². The molecule has 4 heteroatoms. The molecule has 0 amide bonds. The van der Waals surface area contributed by atoms with E-state index in [1.54, 1.807) is 6.08 Å². The molecule has 2 saturated carbocycles. The molecule has 3 aliphatic rings. The molecule has 6 atom stereocenters. The van der Waals surface area contributed by atoms with Gasteiger partial charge in [-0.15, -0.1) is 6.58 Å². The standard InChI is InChI=1S/C16H24O4/c1-2-11-8-12(4-5-13(11)17)16(18)19-9-10-3-6-14-15(7-10)20-14/h2,10-15,17H,1,3-9H2. The molecule has 2 aliphatic carbocycles. The fourth-order valence-corrected chi connectivity index (χ4v) is 3.61. The van der Waals surface area contributed by atoms with Crippen molar-refractivity contribution in [3.05, 3.63) is 12.7 Å². The zero-order valence-electron chi connectivity index (χ0n) is 11.9. The highest BCUT2D eigenvalue weighted by Gasteiger charge is 2.44. The number of fused-ring (bicyclic) bond motifs is 1. The molecule has 0 aromatic carbocycles. The Hall–Kier alpha value is -0.870. The quantitative estimate of drug-likeness (QED) is 0.486. The van der Waals surface area contributed by atoms with Crippen LogP contribution in [0.2, 0.25) is 0 Å². The second-order valence-corrected chi connectivity index (χ2v) is 6.50. The van der Waals surface area contributed by atoms with E-state index in [2.05, 4.69) is 6.58 Å². The highest BCUT2D eigenvalue weighted by Crippen LogP contribution is 2.39. The second kappa shape index (κ2) is 5.86. The fraction of sp³-hybridized carbons (Fsp3) is 0.812. The van der Waals surface area contributed by atoms with Gasteiger partial charge in [-0.25, -0.2) is 0 Å². The first-order valence-corrected chi connectivity index (χ1v) is 7.80. The molecule has 0 spiro atoms. The van der Waals surface area contributed by atoms with Gasteiger partial charge >= 0.3 is 5.97 Å². The van der Waals surface area contributed by atoms with Gasteiger partial charge < -0.3 is 14.6 Å². The van der Waals surface area contributed by atoms with Crippen molar-refractivity contribution in [2.45, 2.75) is 56.8 Å². The highest BCUT2D eigenvalue weighted by atomic mass is 16.6. The van der Waals surface area contributed by atoms with Gasteiger partial charge in [-0.1, -0.05) is 6.08 Å². The molecule has 3 rings (SSSR count). The van der Waals surface area contributed by atoms with Crippen LogP contribution < -0.4 is 0 Å².